The number of amides is 1. The Kier molecular flexibility index (Phi) is 5.28. The van der Waals surface area contributed by atoms with E-state index in [-0.39, 0.29) is 19.0 Å². The van der Waals surface area contributed by atoms with Crippen LogP contribution in [0.25, 0.3) is 16.9 Å². The zero-order valence-corrected chi connectivity index (χ0v) is 19.0. The van der Waals surface area contributed by atoms with Crippen molar-refractivity contribution in [1.82, 2.24) is 23.8 Å². The van der Waals surface area contributed by atoms with Gasteiger partial charge in [0.1, 0.15) is 9.77 Å². The Morgan fingerprint density at radius 2 is 1.78 bits per heavy atom. The van der Waals surface area contributed by atoms with Gasteiger partial charge in [0.05, 0.1) is 11.9 Å². The van der Waals surface area contributed by atoms with Gasteiger partial charge in [0, 0.05) is 37.9 Å². The number of carbonyl (C=O) groups is 1. The third-order valence-electron chi connectivity index (χ3n) is 5.59. The summed E-state index contributed by atoms with van der Waals surface area (Å²) in [5.41, 5.74) is 3.89. The monoisotopic (exact) mass is 467 g/mol. The Bertz CT molecular complexity index is 1370. The van der Waals surface area contributed by atoms with Gasteiger partial charge in [-0.3, -0.25) is 4.79 Å². The van der Waals surface area contributed by atoms with E-state index in [2.05, 4.69) is 10.1 Å². The molecule has 4 aromatic rings. The molecular formula is C22H21N5O3S2. The van der Waals surface area contributed by atoms with E-state index in [4.69, 9.17) is 0 Å². The number of fused-ring (bicyclic) bond motifs is 1. The highest BCUT2D eigenvalue weighted by atomic mass is 32.2. The van der Waals surface area contributed by atoms with Crippen LogP contribution in [0.3, 0.4) is 0 Å². The van der Waals surface area contributed by atoms with Crippen molar-refractivity contribution in [3.05, 3.63) is 71.4 Å². The molecule has 0 N–H and O–H groups in total. The molecule has 0 aliphatic carbocycles. The fourth-order valence-corrected chi connectivity index (χ4v) is 6.39. The first-order valence-corrected chi connectivity index (χ1v) is 12.5. The highest BCUT2D eigenvalue weighted by Crippen LogP contribution is 2.24. The second-order valence-electron chi connectivity index (χ2n) is 7.62. The van der Waals surface area contributed by atoms with Crippen LogP contribution in [-0.2, 0) is 10.0 Å². The number of hydrogen-bond donors (Lipinski definition) is 0. The maximum Gasteiger partial charge on any atom is 0.259 e. The molecule has 1 aliphatic rings. The summed E-state index contributed by atoms with van der Waals surface area (Å²) >= 11 is 1.20. The van der Waals surface area contributed by atoms with Gasteiger partial charge in [-0.05, 0) is 24.4 Å². The molecule has 0 unspecified atom stereocenters. The number of carbonyl (C=O) groups excluding carboxylic acids is 1. The van der Waals surface area contributed by atoms with Gasteiger partial charge in [-0.25, -0.2) is 17.9 Å². The van der Waals surface area contributed by atoms with Crippen LogP contribution < -0.4 is 0 Å². The number of nitrogens with zero attached hydrogens (tertiary/aromatic N) is 5. The van der Waals surface area contributed by atoms with Gasteiger partial charge in [0.25, 0.3) is 15.9 Å². The second kappa shape index (κ2) is 8.12. The summed E-state index contributed by atoms with van der Waals surface area (Å²) in [5, 5.41) is 6.17. The first-order valence-electron chi connectivity index (χ1n) is 10.2. The summed E-state index contributed by atoms with van der Waals surface area (Å²) in [4.78, 5) is 19.3. The quantitative estimate of drug-likeness (QED) is 0.461. The van der Waals surface area contributed by atoms with Crippen LogP contribution in [0.1, 0.15) is 15.9 Å². The molecule has 0 radical (unpaired) electrons. The second-order valence-corrected chi connectivity index (χ2v) is 10.7. The minimum absolute atomic E-state index is 0.193. The molecule has 0 bridgehead atoms. The first kappa shape index (κ1) is 20.8. The number of thiophene rings is 1. The number of piperazine rings is 1. The standard InChI is InChI=1S/C22H21N5O3S2/c1-16-4-6-17(7-5-16)19-8-9-23-21-18(15-24-27(19)21)22(28)25-10-12-26(13-11-25)32(29,30)20-3-2-14-31-20/h2-9,14-15H,10-13H2,1H3. The minimum Gasteiger partial charge on any atom is -0.336 e. The third kappa shape index (κ3) is 3.60. The van der Waals surface area contributed by atoms with Crippen LogP contribution in [0, 0.1) is 6.92 Å². The zero-order valence-electron chi connectivity index (χ0n) is 17.4. The van der Waals surface area contributed by atoms with Crippen LogP contribution in [-0.4, -0.2) is 64.3 Å². The Hall–Kier alpha value is -3.08. The smallest absolute Gasteiger partial charge is 0.259 e. The summed E-state index contributed by atoms with van der Waals surface area (Å²) < 4.78 is 28.9. The summed E-state index contributed by atoms with van der Waals surface area (Å²) in [6.07, 6.45) is 3.21. The molecule has 1 saturated heterocycles. The Labute approximate surface area is 189 Å². The van der Waals surface area contributed by atoms with Crippen molar-refractivity contribution in [1.29, 1.82) is 0 Å². The average molecular weight is 468 g/mol. The van der Waals surface area contributed by atoms with Gasteiger partial charge in [-0.15, -0.1) is 11.3 Å². The molecule has 1 aliphatic heterocycles. The molecule has 0 spiro atoms. The summed E-state index contributed by atoms with van der Waals surface area (Å²) in [6.45, 7) is 3.18. The van der Waals surface area contributed by atoms with Crippen molar-refractivity contribution in [3.8, 4) is 11.3 Å². The topological polar surface area (TPSA) is 87.9 Å². The highest BCUT2D eigenvalue weighted by Gasteiger charge is 2.32. The first-order chi connectivity index (χ1) is 15.4. The lowest BCUT2D eigenvalue weighted by Gasteiger charge is -2.33. The molecule has 1 fully saturated rings. The lowest BCUT2D eigenvalue weighted by atomic mass is 10.1. The molecule has 0 atom stereocenters. The van der Waals surface area contributed by atoms with Gasteiger partial charge >= 0.3 is 0 Å². The van der Waals surface area contributed by atoms with E-state index in [1.54, 1.807) is 33.1 Å². The molecule has 164 valence electrons. The van der Waals surface area contributed by atoms with Crippen molar-refractivity contribution >= 4 is 32.9 Å². The van der Waals surface area contributed by atoms with Gasteiger partial charge in [-0.1, -0.05) is 35.9 Å². The third-order valence-corrected chi connectivity index (χ3v) is 8.87. The fraction of sp³-hybridized carbons (Fsp3) is 0.227. The molecule has 10 heteroatoms. The van der Waals surface area contributed by atoms with E-state index in [0.717, 1.165) is 16.8 Å². The van der Waals surface area contributed by atoms with Gasteiger partial charge in [-0.2, -0.15) is 9.40 Å². The van der Waals surface area contributed by atoms with Gasteiger partial charge < -0.3 is 4.90 Å². The number of hydrogen-bond acceptors (Lipinski definition) is 6. The Morgan fingerprint density at radius 3 is 2.47 bits per heavy atom. The normalized spacial score (nSPS) is 15.3. The predicted octanol–water partition coefficient (Wildman–Crippen LogP) is 2.91. The maximum atomic E-state index is 13.2. The van der Waals surface area contributed by atoms with E-state index in [1.807, 2.05) is 37.3 Å². The van der Waals surface area contributed by atoms with E-state index in [9.17, 15) is 13.2 Å². The van der Waals surface area contributed by atoms with Crippen molar-refractivity contribution < 1.29 is 13.2 Å². The van der Waals surface area contributed by atoms with Crippen LogP contribution in [0.15, 0.2) is 64.4 Å². The van der Waals surface area contributed by atoms with Gasteiger partial charge in [0.2, 0.25) is 0 Å². The predicted molar refractivity (Wildman–Crippen MR) is 122 cm³/mol. The van der Waals surface area contributed by atoms with E-state index in [1.165, 1.54) is 21.8 Å². The summed E-state index contributed by atoms with van der Waals surface area (Å²) in [5.74, 6) is -0.193. The largest absolute Gasteiger partial charge is 0.336 e. The minimum atomic E-state index is -3.51. The summed E-state index contributed by atoms with van der Waals surface area (Å²) in [6, 6.07) is 13.3. The lowest BCUT2D eigenvalue weighted by Crippen LogP contribution is -2.50. The summed E-state index contributed by atoms with van der Waals surface area (Å²) in [7, 11) is -3.51. The van der Waals surface area contributed by atoms with Crippen LogP contribution in [0.2, 0.25) is 0 Å². The van der Waals surface area contributed by atoms with Crippen LogP contribution in [0.5, 0.6) is 0 Å². The molecule has 4 heterocycles. The molecule has 0 saturated carbocycles. The van der Waals surface area contributed by atoms with Crippen LogP contribution >= 0.6 is 11.3 Å². The van der Waals surface area contributed by atoms with Crippen molar-refractivity contribution in [2.24, 2.45) is 0 Å². The molecule has 1 aromatic carbocycles. The zero-order chi connectivity index (χ0) is 22.3. The molecular weight excluding hydrogens is 446 g/mol. The van der Waals surface area contributed by atoms with E-state index < -0.39 is 10.0 Å². The molecule has 8 nitrogen and oxygen atoms in total. The van der Waals surface area contributed by atoms with E-state index >= 15 is 0 Å². The lowest BCUT2D eigenvalue weighted by molar-refractivity contribution is 0.0699. The van der Waals surface area contributed by atoms with Crippen molar-refractivity contribution in [2.45, 2.75) is 11.1 Å². The Morgan fingerprint density at radius 1 is 1.03 bits per heavy atom. The SMILES string of the molecule is Cc1ccc(-c2ccnc3c(C(=O)N4CCN(S(=O)(=O)c5cccs5)CC4)cnn23)cc1. The molecule has 5 rings (SSSR count). The average Bonchev–Trinajstić information content (AvgIpc) is 3.50. The number of sulfonamides is 1. The molecule has 32 heavy (non-hydrogen) atoms. The highest BCUT2D eigenvalue weighted by molar-refractivity contribution is 7.91. The maximum absolute atomic E-state index is 13.2. The van der Waals surface area contributed by atoms with E-state index in [0.29, 0.717) is 28.5 Å². The number of aryl methyl sites for hydroxylation is 1. The number of aromatic nitrogens is 3. The van der Waals surface area contributed by atoms with Crippen molar-refractivity contribution in [3.63, 3.8) is 0 Å². The number of benzene rings is 1. The number of rotatable bonds is 4. The van der Waals surface area contributed by atoms with Crippen molar-refractivity contribution in [2.75, 3.05) is 26.2 Å². The van der Waals surface area contributed by atoms with Crippen LogP contribution in [0.4, 0.5) is 0 Å². The molecule has 3 aromatic heterocycles. The fourth-order valence-electron chi connectivity index (χ4n) is 3.82. The molecule has 1 amide bonds. The Balaban J connectivity index is 1.37. The van der Waals surface area contributed by atoms with Gasteiger partial charge in [0.15, 0.2) is 5.65 Å².